The summed E-state index contributed by atoms with van der Waals surface area (Å²) in [5, 5.41) is 0. The zero-order chi connectivity index (χ0) is 16.4. The smallest absolute Gasteiger partial charge is 0.246 e. The predicted molar refractivity (Wildman–Crippen MR) is 92.9 cm³/mol. The molecule has 0 aliphatic carbocycles. The number of hydrogen-bond donors (Lipinski definition) is 0. The molecule has 0 saturated heterocycles. The summed E-state index contributed by atoms with van der Waals surface area (Å²) in [6.45, 7) is 9.36. The molecule has 0 saturated carbocycles. The number of ether oxygens (including phenoxy) is 1. The Morgan fingerprint density at radius 1 is 1.36 bits per heavy atom. The monoisotopic (exact) mass is 299 g/mol. The maximum atomic E-state index is 12.1. The first kappa shape index (κ1) is 17.8. The van der Waals surface area contributed by atoms with E-state index in [2.05, 4.69) is 6.58 Å². The van der Waals surface area contributed by atoms with Crippen LogP contribution in [-0.2, 0) is 4.79 Å². The molecule has 0 atom stereocenters. The van der Waals surface area contributed by atoms with Crippen molar-refractivity contribution in [1.29, 1.82) is 0 Å². The summed E-state index contributed by atoms with van der Waals surface area (Å²) in [6, 6.07) is 7.83. The molecule has 118 valence electrons. The maximum Gasteiger partial charge on any atom is 0.246 e. The van der Waals surface area contributed by atoms with E-state index in [9.17, 15) is 4.79 Å². The Kier molecular flexibility index (Phi) is 7.76. The van der Waals surface area contributed by atoms with E-state index >= 15 is 0 Å². The van der Waals surface area contributed by atoms with Crippen LogP contribution in [0.2, 0.25) is 0 Å². The fourth-order valence-corrected chi connectivity index (χ4v) is 2.04. The molecule has 0 spiro atoms. The third-order valence-electron chi connectivity index (χ3n) is 3.40. The molecule has 1 rings (SSSR count). The Balaban J connectivity index is 2.61. The highest BCUT2D eigenvalue weighted by Crippen LogP contribution is 2.21. The molecule has 0 aromatic heterocycles. The number of methoxy groups -OCH3 is 1. The van der Waals surface area contributed by atoms with Gasteiger partial charge in [-0.25, -0.2) is 0 Å². The van der Waals surface area contributed by atoms with Crippen LogP contribution < -0.4 is 4.74 Å². The maximum absolute atomic E-state index is 12.1. The molecular formula is C19H25NO2. The number of benzene rings is 1. The van der Waals surface area contributed by atoms with Crippen LogP contribution in [0, 0.1) is 0 Å². The fraction of sp³-hybridized carbons (Fsp3) is 0.316. The van der Waals surface area contributed by atoms with Crippen LogP contribution in [0.25, 0.3) is 5.57 Å². The molecule has 1 aromatic carbocycles. The highest BCUT2D eigenvalue weighted by Gasteiger charge is 2.09. The number of rotatable bonds is 8. The zero-order valence-corrected chi connectivity index (χ0v) is 13.7. The second-order valence-electron chi connectivity index (χ2n) is 4.89. The van der Waals surface area contributed by atoms with Crippen LogP contribution in [0.1, 0.15) is 25.8 Å². The highest BCUT2D eigenvalue weighted by molar-refractivity contribution is 5.88. The molecule has 0 unspecified atom stereocenters. The summed E-state index contributed by atoms with van der Waals surface area (Å²) in [5.74, 6) is 0.843. The van der Waals surface area contributed by atoms with Gasteiger partial charge in [0.1, 0.15) is 5.75 Å². The van der Waals surface area contributed by atoms with Crippen molar-refractivity contribution in [3.8, 4) is 5.75 Å². The van der Waals surface area contributed by atoms with E-state index in [1.165, 1.54) is 0 Å². The summed E-state index contributed by atoms with van der Waals surface area (Å²) in [4.78, 5) is 13.9. The van der Waals surface area contributed by atoms with Gasteiger partial charge in [0.2, 0.25) is 5.91 Å². The minimum absolute atomic E-state index is 0.0269. The Morgan fingerprint density at radius 2 is 2.14 bits per heavy atom. The van der Waals surface area contributed by atoms with Crippen molar-refractivity contribution >= 4 is 11.5 Å². The van der Waals surface area contributed by atoms with Crippen LogP contribution in [-0.4, -0.2) is 31.0 Å². The second kappa shape index (κ2) is 9.61. The van der Waals surface area contributed by atoms with Gasteiger partial charge in [-0.3, -0.25) is 4.79 Å². The van der Waals surface area contributed by atoms with Gasteiger partial charge >= 0.3 is 0 Å². The number of likely N-dealkylation sites (N-methyl/N-ethyl adjacent to an activating group) is 1. The van der Waals surface area contributed by atoms with Crippen LogP contribution in [0.5, 0.6) is 5.75 Å². The quantitative estimate of drug-likeness (QED) is 0.535. The molecule has 1 aromatic rings. The standard InChI is InChI=1S/C19H25NO2/c1-5-7-8-12-19(21)20(6-2)14-13-16(3)17-10-9-11-18(15-17)22-4/h5,7-12,15H,3,6,13-14H2,1-2,4H3/b7-5+,12-8+. The molecule has 0 aliphatic rings. The molecular weight excluding hydrogens is 274 g/mol. The first-order chi connectivity index (χ1) is 10.6. The minimum Gasteiger partial charge on any atom is -0.497 e. The van der Waals surface area contributed by atoms with Crippen molar-refractivity contribution in [2.45, 2.75) is 20.3 Å². The van der Waals surface area contributed by atoms with Gasteiger partial charge < -0.3 is 9.64 Å². The van der Waals surface area contributed by atoms with Gasteiger partial charge in [-0.1, -0.05) is 36.9 Å². The molecule has 0 bridgehead atoms. The Labute approximate surface area is 133 Å². The SMILES string of the molecule is C=C(CCN(CC)C(=O)/C=C/C=C/C)c1cccc(OC)c1. The number of amides is 1. The van der Waals surface area contributed by atoms with E-state index in [0.29, 0.717) is 13.1 Å². The van der Waals surface area contributed by atoms with Crippen molar-refractivity contribution in [3.63, 3.8) is 0 Å². The number of hydrogen-bond acceptors (Lipinski definition) is 2. The summed E-state index contributed by atoms with van der Waals surface area (Å²) < 4.78 is 5.22. The number of carbonyl (C=O) groups is 1. The molecule has 0 heterocycles. The molecule has 0 radical (unpaired) electrons. The molecule has 3 nitrogen and oxygen atoms in total. The molecule has 1 amide bonds. The van der Waals surface area contributed by atoms with E-state index in [4.69, 9.17) is 4.74 Å². The summed E-state index contributed by atoms with van der Waals surface area (Å²) in [5.41, 5.74) is 2.05. The molecule has 0 N–H and O–H groups in total. The largest absolute Gasteiger partial charge is 0.497 e. The Morgan fingerprint density at radius 3 is 2.77 bits per heavy atom. The van der Waals surface area contributed by atoms with Gasteiger partial charge in [-0.15, -0.1) is 0 Å². The number of carbonyl (C=O) groups excluding carboxylic acids is 1. The van der Waals surface area contributed by atoms with Gasteiger partial charge in [-0.2, -0.15) is 0 Å². The van der Waals surface area contributed by atoms with Gasteiger partial charge in [0.05, 0.1) is 7.11 Å². The molecule has 22 heavy (non-hydrogen) atoms. The predicted octanol–water partition coefficient (Wildman–Crippen LogP) is 4.08. The van der Waals surface area contributed by atoms with Gasteiger partial charge in [0.25, 0.3) is 0 Å². The van der Waals surface area contributed by atoms with Crippen molar-refractivity contribution in [2.24, 2.45) is 0 Å². The molecule has 0 fully saturated rings. The highest BCUT2D eigenvalue weighted by atomic mass is 16.5. The lowest BCUT2D eigenvalue weighted by molar-refractivity contribution is -0.125. The van der Waals surface area contributed by atoms with Crippen LogP contribution in [0.3, 0.4) is 0 Å². The summed E-state index contributed by atoms with van der Waals surface area (Å²) in [7, 11) is 1.65. The van der Waals surface area contributed by atoms with Gasteiger partial charge in [0.15, 0.2) is 0 Å². The van der Waals surface area contributed by atoms with Crippen molar-refractivity contribution in [3.05, 3.63) is 60.7 Å². The van der Waals surface area contributed by atoms with E-state index in [-0.39, 0.29) is 5.91 Å². The summed E-state index contributed by atoms with van der Waals surface area (Å²) in [6.07, 6.45) is 7.84. The lowest BCUT2D eigenvalue weighted by atomic mass is 10.0. The average Bonchev–Trinajstić information content (AvgIpc) is 2.55. The molecule has 3 heteroatoms. The number of allylic oxidation sites excluding steroid dienone is 3. The third kappa shape index (κ3) is 5.60. The molecule has 0 aliphatic heterocycles. The Hall–Kier alpha value is -2.29. The topological polar surface area (TPSA) is 29.5 Å². The number of nitrogens with zero attached hydrogens (tertiary/aromatic N) is 1. The summed E-state index contributed by atoms with van der Waals surface area (Å²) >= 11 is 0. The lowest BCUT2D eigenvalue weighted by Gasteiger charge is -2.20. The van der Waals surface area contributed by atoms with Crippen molar-refractivity contribution < 1.29 is 9.53 Å². The van der Waals surface area contributed by atoms with E-state index < -0.39 is 0 Å². The first-order valence-corrected chi connectivity index (χ1v) is 7.52. The zero-order valence-electron chi connectivity index (χ0n) is 13.7. The van der Waals surface area contributed by atoms with Crippen LogP contribution >= 0.6 is 0 Å². The van der Waals surface area contributed by atoms with Gasteiger partial charge in [-0.05, 0) is 43.5 Å². The van der Waals surface area contributed by atoms with Crippen molar-refractivity contribution in [1.82, 2.24) is 4.90 Å². The van der Waals surface area contributed by atoms with Gasteiger partial charge in [0, 0.05) is 19.2 Å². The van der Waals surface area contributed by atoms with Crippen molar-refractivity contribution in [2.75, 3.05) is 20.2 Å². The third-order valence-corrected chi connectivity index (χ3v) is 3.40. The van der Waals surface area contributed by atoms with E-state index in [0.717, 1.165) is 23.3 Å². The Bertz CT molecular complexity index is 558. The first-order valence-electron chi connectivity index (χ1n) is 7.52. The lowest BCUT2D eigenvalue weighted by Crippen LogP contribution is -2.30. The van der Waals surface area contributed by atoms with E-state index in [1.807, 2.05) is 55.2 Å². The normalized spacial score (nSPS) is 11.0. The second-order valence-corrected chi connectivity index (χ2v) is 4.89. The fourth-order valence-electron chi connectivity index (χ4n) is 2.04. The van der Waals surface area contributed by atoms with Crippen LogP contribution in [0.15, 0.2) is 55.1 Å². The average molecular weight is 299 g/mol. The minimum atomic E-state index is 0.0269. The van der Waals surface area contributed by atoms with E-state index in [1.54, 1.807) is 19.3 Å². The van der Waals surface area contributed by atoms with Crippen LogP contribution in [0.4, 0.5) is 0 Å².